The highest BCUT2D eigenvalue weighted by Gasteiger charge is 2.32. The average Bonchev–Trinajstić information content (AvgIpc) is 2.67. The molecule has 0 amide bonds. The Morgan fingerprint density at radius 1 is 0.815 bits per heavy atom. The third kappa shape index (κ3) is 8.21. The molecule has 1 aromatic rings. The van der Waals surface area contributed by atoms with Crippen LogP contribution in [0.15, 0.2) is 42.0 Å². The highest BCUT2D eigenvalue weighted by Crippen LogP contribution is 2.28. The Hall–Kier alpha value is -1.08. The van der Waals surface area contributed by atoms with Crippen LogP contribution >= 0.6 is 0 Å². The van der Waals surface area contributed by atoms with Crippen molar-refractivity contribution >= 4 is 6.21 Å². The van der Waals surface area contributed by atoms with Crippen molar-refractivity contribution in [2.45, 2.75) is 97.6 Å². The minimum atomic E-state index is 0. The molecule has 0 unspecified atom stereocenters. The monoisotopic (exact) mass is 389 g/mol. The van der Waals surface area contributed by atoms with Gasteiger partial charge in [-0.2, -0.15) is 0 Å². The first-order valence-electron chi connectivity index (χ1n) is 11.1. The van der Waals surface area contributed by atoms with E-state index in [0.29, 0.717) is 6.04 Å². The van der Waals surface area contributed by atoms with Gasteiger partial charge in [0.1, 0.15) is 0 Å². The molecule has 1 heterocycles. The summed E-state index contributed by atoms with van der Waals surface area (Å²) in [7, 11) is 0. The summed E-state index contributed by atoms with van der Waals surface area (Å²) in [5, 5.41) is 0. The van der Waals surface area contributed by atoms with Crippen molar-refractivity contribution in [2.24, 2.45) is 5.92 Å². The highest BCUT2D eigenvalue weighted by atomic mass is 35.5. The first-order valence-corrected chi connectivity index (χ1v) is 11.1. The maximum absolute atomic E-state index is 2.69. The number of unbranched alkanes of at least 4 members (excludes halogenated alkanes) is 4. The first-order chi connectivity index (χ1) is 12.8. The van der Waals surface area contributed by atoms with Gasteiger partial charge >= 0.3 is 0 Å². The summed E-state index contributed by atoms with van der Waals surface area (Å²) in [5.41, 5.74) is 3.02. The molecule has 0 aliphatic carbocycles. The Balaban J connectivity index is 0.00000364. The predicted molar refractivity (Wildman–Crippen MR) is 115 cm³/mol. The zero-order valence-electron chi connectivity index (χ0n) is 17.8. The summed E-state index contributed by atoms with van der Waals surface area (Å²) in [6, 6.07) is 11.7. The van der Waals surface area contributed by atoms with Gasteiger partial charge in [-0.3, -0.25) is 0 Å². The number of benzene rings is 1. The van der Waals surface area contributed by atoms with Gasteiger partial charge in [-0.05, 0) is 25.7 Å². The van der Waals surface area contributed by atoms with Gasteiger partial charge in [-0.1, -0.05) is 89.3 Å². The molecule has 1 aromatic carbocycles. The standard InChI is InChI=1S/C25H40N.ClH/c1-4-7-11-18-25-24(17-9-6-3)19-23(14-8-5-2)21-26(25)20-22-15-12-10-13-16-22;/h10,12-13,15-16,19,21,24-25H,4-9,11,14,17-18,20H2,1-3H3;1H/q+1;/p-1/t24-,25+;/m0./s1. The van der Waals surface area contributed by atoms with E-state index in [9.17, 15) is 0 Å². The van der Waals surface area contributed by atoms with Gasteiger partial charge in [0.05, 0.1) is 0 Å². The van der Waals surface area contributed by atoms with Crippen LogP contribution in [0.5, 0.6) is 0 Å². The molecule has 0 fully saturated rings. The molecule has 0 saturated heterocycles. The SMILES string of the molecule is CCCCC[C@@H]1[C@@H](CCCC)C=C(CCCC)C=[N+]1Cc1ccccc1.[Cl-]. The van der Waals surface area contributed by atoms with Gasteiger partial charge in [0.15, 0.2) is 18.8 Å². The van der Waals surface area contributed by atoms with E-state index < -0.39 is 0 Å². The summed E-state index contributed by atoms with van der Waals surface area (Å²) < 4.78 is 2.69. The van der Waals surface area contributed by atoms with Crippen molar-refractivity contribution in [3.05, 3.63) is 47.5 Å². The lowest BCUT2D eigenvalue weighted by molar-refractivity contribution is -0.586. The largest absolute Gasteiger partial charge is 1.00 e. The summed E-state index contributed by atoms with van der Waals surface area (Å²) in [5.74, 6) is 0.729. The van der Waals surface area contributed by atoms with Crippen LogP contribution in [-0.4, -0.2) is 16.8 Å². The van der Waals surface area contributed by atoms with Gasteiger partial charge in [0.2, 0.25) is 0 Å². The fourth-order valence-corrected chi connectivity index (χ4v) is 4.17. The number of hydrogen-bond acceptors (Lipinski definition) is 0. The maximum Gasteiger partial charge on any atom is 0.168 e. The van der Waals surface area contributed by atoms with Crippen LogP contribution in [0, 0.1) is 5.92 Å². The lowest BCUT2D eigenvalue weighted by Crippen LogP contribution is -3.00. The molecule has 2 heteroatoms. The Morgan fingerprint density at radius 3 is 2.19 bits per heavy atom. The van der Waals surface area contributed by atoms with Crippen LogP contribution in [0.25, 0.3) is 0 Å². The van der Waals surface area contributed by atoms with Gasteiger partial charge in [-0.25, -0.2) is 4.58 Å². The normalized spacial score (nSPS) is 19.2. The number of nitrogens with zero attached hydrogens (tertiary/aromatic N) is 1. The molecular formula is C25H40ClN. The lowest BCUT2D eigenvalue weighted by Gasteiger charge is -2.27. The molecule has 0 saturated carbocycles. The van der Waals surface area contributed by atoms with E-state index in [1.807, 2.05) is 0 Å². The minimum absolute atomic E-state index is 0. The zero-order valence-corrected chi connectivity index (χ0v) is 18.6. The van der Waals surface area contributed by atoms with E-state index in [2.05, 4.69) is 68.0 Å². The van der Waals surface area contributed by atoms with Gasteiger partial charge in [0.25, 0.3) is 0 Å². The molecule has 0 aromatic heterocycles. The molecule has 152 valence electrons. The Kier molecular flexibility index (Phi) is 12.4. The van der Waals surface area contributed by atoms with Crippen LogP contribution in [0.4, 0.5) is 0 Å². The number of hydrogen-bond donors (Lipinski definition) is 0. The van der Waals surface area contributed by atoms with Crippen LogP contribution in [0.3, 0.4) is 0 Å². The molecular weight excluding hydrogens is 350 g/mol. The molecule has 0 spiro atoms. The summed E-state index contributed by atoms with van der Waals surface area (Å²) in [4.78, 5) is 0. The van der Waals surface area contributed by atoms with Crippen molar-refractivity contribution in [3.63, 3.8) is 0 Å². The summed E-state index contributed by atoms with van der Waals surface area (Å²) in [6.45, 7) is 7.99. The third-order valence-electron chi connectivity index (χ3n) is 5.70. The fourth-order valence-electron chi connectivity index (χ4n) is 4.17. The van der Waals surface area contributed by atoms with E-state index >= 15 is 0 Å². The molecule has 0 radical (unpaired) electrons. The molecule has 27 heavy (non-hydrogen) atoms. The Morgan fingerprint density at radius 2 is 1.52 bits per heavy atom. The molecule has 1 aliphatic heterocycles. The molecule has 2 atom stereocenters. The average molecular weight is 390 g/mol. The molecule has 0 N–H and O–H groups in total. The fraction of sp³-hybridized carbons (Fsp3) is 0.640. The smallest absolute Gasteiger partial charge is 0.168 e. The van der Waals surface area contributed by atoms with Crippen molar-refractivity contribution in [1.82, 2.24) is 0 Å². The quantitative estimate of drug-likeness (QED) is 0.373. The summed E-state index contributed by atoms with van der Waals surface area (Å²) >= 11 is 0. The van der Waals surface area contributed by atoms with Crippen molar-refractivity contribution < 1.29 is 17.0 Å². The van der Waals surface area contributed by atoms with Crippen LogP contribution in [0.1, 0.15) is 90.5 Å². The van der Waals surface area contributed by atoms with E-state index in [4.69, 9.17) is 0 Å². The molecule has 1 nitrogen and oxygen atoms in total. The van der Waals surface area contributed by atoms with Crippen LogP contribution in [0.2, 0.25) is 0 Å². The van der Waals surface area contributed by atoms with Gasteiger partial charge < -0.3 is 12.4 Å². The second-order valence-corrected chi connectivity index (χ2v) is 8.00. The lowest BCUT2D eigenvalue weighted by atomic mass is 9.85. The Labute approximate surface area is 174 Å². The van der Waals surface area contributed by atoms with Crippen molar-refractivity contribution in [1.29, 1.82) is 0 Å². The van der Waals surface area contributed by atoms with Crippen molar-refractivity contribution in [2.75, 3.05) is 0 Å². The molecule has 1 aliphatic rings. The van der Waals surface area contributed by atoms with Crippen molar-refractivity contribution in [3.8, 4) is 0 Å². The summed E-state index contributed by atoms with van der Waals surface area (Å²) in [6.07, 6.45) is 18.4. The second-order valence-electron chi connectivity index (χ2n) is 8.00. The Bertz CT molecular complexity index is 561. The van der Waals surface area contributed by atoms with Gasteiger partial charge in [-0.15, -0.1) is 0 Å². The van der Waals surface area contributed by atoms with Crippen LogP contribution < -0.4 is 12.4 Å². The number of rotatable bonds is 12. The predicted octanol–water partition coefficient (Wildman–Crippen LogP) is 4.16. The number of halogens is 1. The van der Waals surface area contributed by atoms with Crippen LogP contribution in [-0.2, 0) is 6.54 Å². The van der Waals surface area contributed by atoms with E-state index in [0.717, 1.165) is 12.5 Å². The van der Waals surface area contributed by atoms with Gasteiger partial charge in [0, 0.05) is 23.5 Å². The minimum Gasteiger partial charge on any atom is -1.00 e. The zero-order chi connectivity index (χ0) is 18.6. The van der Waals surface area contributed by atoms with E-state index in [1.54, 1.807) is 5.57 Å². The maximum atomic E-state index is 2.69. The highest BCUT2D eigenvalue weighted by molar-refractivity contribution is 5.75. The van der Waals surface area contributed by atoms with E-state index in [-0.39, 0.29) is 12.4 Å². The topological polar surface area (TPSA) is 3.01 Å². The molecule has 2 rings (SSSR count). The molecule has 0 bridgehead atoms. The number of allylic oxidation sites excluding steroid dienone is 1. The van der Waals surface area contributed by atoms with E-state index in [1.165, 1.54) is 69.8 Å². The second kappa shape index (κ2) is 14.0. The third-order valence-corrected chi connectivity index (χ3v) is 5.70. The first kappa shape index (κ1) is 24.0.